The van der Waals surface area contributed by atoms with E-state index in [9.17, 15) is 28.0 Å². The largest absolute Gasteiger partial charge is 0.423 e. The highest BCUT2D eigenvalue weighted by atomic mass is 19.1. The standard InChI is InChI=1S/C25H26F2O8/c1-7-19(18-9-21(27)25(35-16(6)31)23(11-18)33-14(4)29)12(2)17-8-20(26)24(34-15(5)30)22(10-17)32-13(3)28/h8-12,19H,7H2,1-6H3/t12-,19+/m1/s1. The molecule has 2 rings (SSSR count). The van der Waals surface area contributed by atoms with Gasteiger partial charge in [0.15, 0.2) is 23.1 Å². The van der Waals surface area contributed by atoms with Gasteiger partial charge >= 0.3 is 23.9 Å². The van der Waals surface area contributed by atoms with Gasteiger partial charge in [-0.25, -0.2) is 8.78 Å². The van der Waals surface area contributed by atoms with Crippen molar-refractivity contribution in [3.63, 3.8) is 0 Å². The van der Waals surface area contributed by atoms with E-state index in [1.54, 1.807) is 6.92 Å². The van der Waals surface area contributed by atoms with Crippen LogP contribution in [0.15, 0.2) is 24.3 Å². The number of carbonyl (C=O) groups excluding carboxylic acids is 4. The predicted octanol–water partition coefficient (Wildman–Crippen LogP) is 4.96. The Bertz CT molecular complexity index is 1160. The molecule has 0 saturated carbocycles. The summed E-state index contributed by atoms with van der Waals surface area (Å²) in [6.45, 7) is 7.96. The number of halogens is 2. The Hall–Kier alpha value is -3.82. The van der Waals surface area contributed by atoms with Crippen LogP contribution in [0.4, 0.5) is 8.78 Å². The molecule has 8 nitrogen and oxygen atoms in total. The number of ether oxygens (including phenoxy) is 4. The van der Waals surface area contributed by atoms with Gasteiger partial charge in [0.25, 0.3) is 0 Å². The zero-order valence-corrected chi connectivity index (χ0v) is 20.2. The van der Waals surface area contributed by atoms with Gasteiger partial charge in [0, 0.05) is 27.7 Å². The molecule has 35 heavy (non-hydrogen) atoms. The van der Waals surface area contributed by atoms with E-state index < -0.39 is 58.8 Å². The van der Waals surface area contributed by atoms with Crippen LogP contribution in [0.5, 0.6) is 23.0 Å². The zero-order valence-electron chi connectivity index (χ0n) is 20.2. The highest BCUT2D eigenvalue weighted by molar-refractivity contribution is 5.75. The van der Waals surface area contributed by atoms with Crippen LogP contribution in [-0.2, 0) is 19.2 Å². The van der Waals surface area contributed by atoms with Gasteiger partial charge in [0.05, 0.1) is 0 Å². The summed E-state index contributed by atoms with van der Waals surface area (Å²) in [6, 6.07) is 5.03. The number of hydrogen-bond acceptors (Lipinski definition) is 8. The number of hydrogen-bond donors (Lipinski definition) is 0. The van der Waals surface area contributed by atoms with Gasteiger partial charge in [0.2, 0.25) is 11.5 Å². The first-order chi connectivity index (χ1) is 16.3. The van der Waals surface area contributed by atoms with E-state index in [1.807, 2.05) is 6.92 Å². The Morgan fingerprint density at radius 3 is 1.43 bits per heavy atom. The Balaban J connectivity index is 2.58. The van der Waals surface area contributed by atoms with E-state index in [-0.39, 0.29) is 11.5 Å². The van der Waals surface area contributed by atoms with Crippen molar-refractivity contribution >= 4 is 23.9 Å². The van der Waals surface area contributed by atoms with Crippen molar-refractivity contribution < 1.29 is 46.9 Å². The third-order valence-corrected chi connectivity index (χ3v) is 5.06. The maximum absolute atomic E-state index is 14.9. The molecule has 0 N–H and O–H groups in total. The molecule has 0 aromatic heterocycles. The van der Waals surface area contributed by atoms with Gasteiger partial charge < -0.3 is 18.9 Å². The van der Waals surface area contributed by atoms with Crippen molar-refractivity contribution in [2.75, 3.05) is 0 Å². The summed E-state index contributed by atoms with van der Waals surface area (Å²) in [5.74, 6) is -7.44. The lowest BCUT2D eigenvalue weighted by Gasteiger charge is -2.25. The van der Waals surface area contributed by atoms with Gasteiger partial charge in [-0.2, -0.15) is 0 Å². The van der Waals surface area contributed by atoms with Crippen molar-refractivity contribution in [1.29, 1.82) is 0 Å². The maximum Gasteiger partial charge on any atom is 0.308 e. The van der Waals surface area contributed by atoms with E-state index in [4.69, 9.17) is 18.9 Å². The van der Waals surface area contributed by atoms with Crippen LogP contribution in [0.2, 0.25) is 0 Å². The van der Waals surface area contributed by atoms with E-state index in [1.165, 1.54) is 12.1 Å². The first-order valence-corrected chi connectivity index (χ1v) is 10.7. The third kappa shape index (κ3) is 7.08. The van der Waals surface area contributed by atoms with Crippen molar-refractivity contribution in [3.8, 4) is 23.0 Å². The minimum Gasteiger partial charge on any atom is -0.423 e. The molecule has 0 radical (unpaired) electrons. The van der Waals surface area contributed by atoms with Crippen molar-refractivity contribution in [2.45, 2.75) is 59.8 Å². The van der Waals surface area contributed by atoms with Crippen LogP contribution in [0, 0.1) is 11.6 Å². The monoisotopic (exact) mass is 492 g/mol. The maximum atomic E-state index is 14.9. The molecule has 2 atom stereocenters. The smallest absolute Gasteiger partial charge is 0.308 e. The second-order valence-electron chi connectivity index (χ2n) is 7.84. The van der Waals surface area contributed by atoms with Gasteiger partial charge in [-0.3, -0.25) is 19.2 Å². The van der Waals surface area contributed by atoms with Gasteiger partial charge in [0.1, 0.15) is 0 Å². The minimum absolute atomic E-state index is 0.273. The molecule has 2 aromatic rings. The molecule has 0 bridgehead atoms. The summed E-state index contributed by atoms with van der Waals surface area (Å²) >= 11 is 0. The molecule has 10 heteroatoms. The van der Waals surface area contributed by atoms with Crippen molar-refractivity contribution in [1.82, 2.24) is 0 Å². The normalized spacial score (nSPS) is 12.3. The quantitative estimate of drug-likeness (QED) is 0.376. The lowest BCUT2D eigenvalue weighted by molar-refractivity contribution is -0.134. The Labute approximate surface area is 201 Å². The van der Waals surface area contributed by atoms with Crippen molar-refractivity contribution in [3.05, 3.63) is 47.0 Å². The summed E-state index contributed by atoms with van der Waals surface area (Å²) in [6.07, 6.45) is 0.448. The molecule has 0 aliphatic rings. The first-order valence-electron chi connectivity index (χ1n) is 10.7. The highest BCUT2D eigenvalue weighted by Crippen LogP contribution is 2.43. The number of carbonyl (C=O) groups is 4. The topological polar surface area (TPSA) is 105 Å². The fraction of sp³-hybridized carbons (Fsp3) is 0.360. The van der Waals surface area contributed by atoms with Crippen LogP contribution < -0.4 is 18.9 Å². The van der Waals surface area contributed by atoms with Crippen LogP contribution in [0.3, 0.4) is 0 Å². The van der Waals surface area contributed by atoms with Crippen LogP contribution in [0.25, 0.3) is 0 Å². The van der Waals surface area contributed by atoms with E-state index in [2.05, 4.69) is 0 Å². The Morgan fingerprint density at radius 1 is 0.686 bits per heavy atom. The van der Waals surface area contributed by atoms with Crippen LogP contribution >= 0.6 is 0 Å². The van der Waals surface area contributed by atoms with E-state index in [0.717, 1.165) is 39.8 Å². The van der Waals surface area contributed by atoms with Crippen molar-refractivity contribution in [2.24, 2.45) is 0 Å². The molecular formula is C25H26F2O8. The van der Waals surface area contributed by atoms with Gasteiger partial charge in [-0.1, -0.05) is 13.8 Å². The minimum atomic E-state index is -0.923. The van der Waals surface area contributed by atoms with Gasteiger partial charge in [-0.05, 0) is 53.6 Å². The molecule has 0 unspecified atom stereocenters. The van der Waals surface area contributed by atoms with Crippen LogP contribution in [-0.4, -0.2) is 23.9 Å². The lowest BCUT2D eigenvalue weighted by Crippen LogP contribution is -2.13. The molecule has 0 spiro atoms. The fourth-order valence-electron chi connectivity index (χ4n) is 3.71. The molecule has 0 amide bonds. The molecule has 0 saturated heterocycles. The average Bonchev–Trinajstić information content (AvgIpc) is 2.72. The molecule has 0 fully saturated rings. The molecule has 0 heterocycles. The van der Waals surface area contributed by atoms with E-state index >= 15 is 0 Å². The number of benzene rings is 2. The summed E-state index contributed by atoms with van der Waals surface area (Å²) in [5.41, 5.74) is 0.767. The number of esters is 4. The summed E-state index contributed by atoms with van der Waals surface area (Å²) < 4.78 is 49.6. The zero-order chi connectivity index (χ0) is 26.4. The lowest BCUT2D eigenvalue weighted by atomic mass is 9.80. The predicted molar refractivity (Wildman–Crippen MR) is 119 cm³/mol. The molecular weight excluding hydrogens is 466 g/mol. The highest BCUT2D eigenvalue weighted by Gasteiger charge is 2.27. The SMILES string of the molecule is CC[C@H](c1cc(F)c(OC(C)=O)c(OC(C)=O)c1)[C@H](C)c1cc(F)c(OC(C)=O)c(OC(C)=O)c1. The molecule has 0 aliphatic heterocycles. The molecule has 188 valence electrons. The van der Waals surface area contributed by atoms with Gasteiger partial charge in [-0.15, -0.1) is 0 Å². The van der Waals surface area contributed by atoms with Crippen LogP contribution in [0.1, 0.15) is 70.9 Å². The first kappa shape index (κ1) is 27.4. The second kappa shape index (κ2) is 11.5. The second-order valence-corrected chi connectivity index (χ2v) is 7.84. The van der Waals surface area contributed by atoms with E-state index in [0.29, 0.717) is 17.5 Å². The Morgan fingerprint density at radius 2 is 1.06 bits per heavy atom. The summed E-state index contributed by atoms with van der Waals surface area (Å²) in [4.78, 5) is 45.8. The summed E-state index contributed by atoms with van der Waals surface area (Å²) in [7, 11) is 0. The summed E-state index contributed by atoms with van der Waals surface area (Å²) in [5, 5.41) is 0. The number of rotatable bonds is 8. The molecule has 2 aromatic carbocycles. The third-order valence-electron chi connectivity index (χ3n) is 5.06. The fourth-order valence-corrected chi connectivity index (χ4v) is 3.71. The molecule has 0 aliphatic carbocycles. The Kier molecular flexibility index (Phi) is 9.05. The average molecular weight is 492 g/mol.